The Morgan fingerprint density at radius 2 is 2.00 bits per heavy atom. The van der Waals surface area contributed by atoms with Crippen LogP contribution in [0.2, 0.25) is 0 Å². The number of nitrogens with zero attached hydrogens (tertiary/aromatic N) is 3. The van der Waals surface area contributed by atoms with Crippen molar-refractivity contribution in [2.75, 3.05) is 0 Å². The number of carbonyl (C=O) groups excluding carboxylic acids is 1. The van der Waals surface area contributed by atoms with Crippen LogP contribution in [0.15, 0.2) is 18.5 Å². The number of rotatable bonds is 1. The fraction of sp³-hybridized carbons (Fsp3) is 0.611. The molecular weight excluding hydrogens is 417 g/mol. The first-order valence-electron chi connectivity index (χ1n) is 8.28. The summed E-state index contributed by atoms with van der Waals surface area (Å²) in [5.41, 5.74) is -0.0872. The van der Waals surface area contributed by atoms with Gasteiger partial charge in [0, 0.05) is 28.0 Å². The summed E-state index contributed by atoms with van der Waals surface area (Å²) in [4.78, 5) is 18.7. The summed E-state index contributed by atoms with van der Waals surface area (Å²) < 4.78 is 6.60. The molecular formula is C18H22IN3O2. The smallest absolute Gasteiger partial charge is 0.410 e. The average molecular weight is 439 g/mol. The molecule has 0 N–H and O–H groups in total. The van der Waals surface area contributed by atoms with Gasteiger partial charge in [0.2, 0.25) is 0 Å². The highest BCUT2D eigenvalue weighted by Crippen LogP contribution is 2.47. The zero-order valence-electron chi connectivity index (χ0n) is 14.3. The van der Waals surface area contributed by atoms with Gasteiger partial charge in [0.25, 0.3) is 0 Å². The van der Waals surface area contributed by atoms with Gasteiger partial charge in [-0.15, -0.1) is 0 Å². The summed E-state index contributed by atoms with van der Waals surface area (Å²) in [5.74, 6) is 0. The van der Waals surface area contributed by atoms with Gasteiger partial charge in [-0.25, -0.2) is 4.79 Å². The second kappa shape index (κ2) is 6.17. The fourth-order valence-electron chi connectivity index (χ4n) is 3.93. The molecule has 0 aromatic carbocycles. The molecule has 2 fully saturated rings. The van der Waals surface area contributed by atoms with Gasteiger partial charge < -0.3 is 9.64 Å². The molecule has 24 heavy (non-hydrogen) atoms. The van der Waals surface area contributed by atoms with Crippen LogP contribution in [0.25, 0.3) is 0 Å². The second-order valence-electron chi connectivity index (χ2n) is 7.77. The first-order chi connectivity index (χ1) is 11.2. The third-order valence-electron chi connectivity index (χ3n) is 4.86. The molecule has 0 aliphatic carbocycles. The molecule has 3 heterocycles. The normalized spacial score (nSPS) is 29.2. The zero-order chi connectivity index (χ0) is 17.5. The minimum absolute atomic E-state index is 0.0658. The zero-order valence-corrected chi connectivity index (χ0v) is 16.4. The molecule has 2 aliphatic heterocycles. The van der Waals surface area contributed by atoms with Gasteiger partial charge >= 0.3 is 6.09 Å². The van der Waals surface area contributed by atoms with Crippen molar-refractivity contribution in [3.63, 3.8) is 0 Å². The number of piperidine rings is 1. The van der Waals surface area contributed by atoms with Crippen LogP contribution in [0.3, 0.4) is 0 Å². The molecule has 0 spiro atoms. The number of fused-ring (bicyclic) bond motifs is 2. The average Bonchev–Trinajstić information content (AvgIpc) is 2.77. The van der Waals surface area contributed by atoms with E-state index in [9.17, 15) is 10.1 Å². The monoisotopic (exact) mass is 439 g/mol. The molecule has 5 nitrogen and oxygen atoms in total. The fourth-order valence-corrected chi connectivity index (χ4v) is 4.42. The van der Waals surface area contributed by atoms with E-state index in [2.05, 4.69) is 33.6 Å². The van der Waals surface area contributed by atoms with Crippen LogP contribution < -0.4 is 0 Å². The van der Waals surface area contributed by atoms with Crippen molar-refractivity contribution in [1.82, 2.24) is 9.88 Å². The van der Waals surface area contributed by atoms with Crippen LogP contribution in [0.5, 0.6) is 0 Å². The van der Waals surface area contributed by atoms with E-state index in [4.69, 9.17) is 4.74 Å². The summed E-state index contributed by atoms with van der Waals surface area (Å²) in [6.07, 6.45) is 6.52. The van der Waals surface area contributed by atoms with E-state index < -0.39 is 11.0 Å². The summed E-state index contributed by atoms with van der Waals surface area (Å²) in [6.45, 7) is 5.65. The van der Waals surface area contributed by atoms with Crippen molar-refractivity contribution in [3.05, 3.63) is 27.6 Å². The molecule has 2 aliphatic rings. The maximum absolute atomic E-state index is 12.6. The SMILES string of the molecule is CC(C)(C)OC(=O)N1[C@@H]2CC[C@H]1CC(C#N)(c1cncc(I)c1)C2. The summed E-state index contributed by atoms with van der Waals surface area (Å²) in [5, 5.41) is 9.95. The Labute approximate surface area is 156 Å². The van der Waals surface area contributed by atoms with Crippen LogP contribution in [0, 0.1) is 14.9 Å². The Bertz CT molecular complexity index is 678. The Morgan fingerprint density at radius 3 is 2.50 bits per heavy atom. The highest BCUT2D eigenvalue weighted by atomic mass is 127. The van der Waals surface area contributed by atoms with Crippen LogP contribution >= 0.6 is 22.6 Å². The number of hydrogen-bond acceptors (Lipinski definition) is 4. The van der Waals surface area contributed by atoms with Gasteiger partial charge in [0.1, 0.15) is 5.60 Å². The van der Waals surface area contributed by atoms with E-state index in [0.29, 0.717) is 12.8 Å². The highest BCUT2D eigenvalue weighted by Gasteiger charge is 2.52. The quantitative estimate of drug-likeness (QED) is 0.621. The lowest BCUT2D eigenvalue weighted by molar-refractivity contribution is 0.00232. The predicted octanol–water partition coefficient (Wildman–Crippen LogP) is 4.01. The van der Waals surface area contributed by atoms with Crippen molar-refractivity contribution in [2.45, 2.75) is 69.6 Å². The Balaban J connectivity index is 1.86. The third-order valence-corrected chi connectivity index (χ3v) is 5.45. The number of ether oxygens (including phenoxy) is 1. The molecule has 0 radical (unpaired) electrons. The maximum atomic E-state index is 12.6. The minimum atomic E-state index is -0.557. The lowest BCUT2D eigenvalue weighted by Gasteiger charge is -2.43. The van der Waals surface area contributed by atoms with E-state index >= 15 is 0 Å². The number of aromatic nitrogens is 1. The van der Waals surface area contributed by atoms with Crippen molar-refractivity contribution in [2.24, 2.45) is 0 Å². The van der Waals surface area contributed by atoms with Gasteiger partial charge in [-0.3, -0.25) is 4.98 Å². The molecule has 6 heteroatoms. The molecule has 2 bridgehead atoms. The molecule has 1 aromatic rings. The van der Waals surface area contributed by atoms with Gasteiger partial charge in [0.15, 0.2) is 0 Å². The molecule has 0 saturated carbocycles. The summed E-state index contributed by atoms with van der Waals surface area (Å²) in [7, 11) is 0. The maximum Gasteiger partial charge on any atom is 0.410 e. The molecule has 1 unspecified atom stereocenters. The van der Waals surface area contributed by atoms with Gasteiger partial charge in [-0.2, -0.15) is 5.26 Å². The van der Waals surface area contributed by atoms with Crippen molar-refractivity contribution < 1.29 is 9.53 Å². The number of carbonyl (C=O) groups is 1. The second-order valence-corrected chi connectivity index (χ2v) is 9.01. The lowest BCUT2D eigenvalue weighted by atomic mass is 9.71. The van der Waals surface area contributed by atoms with E-state index in [1.807, 2.05) is 31.7 Å². The topological polar surface area (TPSA) is 66.2 Å². The van der Waals surface area contributed by atoms with Crippen LogP contribution in [0.1, 0.15) is 52.0 Å². The Kier molecular flexibility index (Phi) is 4.49. The van der Waals surface area contributed by atoms with E-state index in [-0.39, 0.29) is 18.2 Å². The molecule has 128 valence electrons. The number of amides is 1. The molecule has 3 rings (SSSR count). The predicted molar refractivity (Wildman–Crippen MR) is 98.4 cm³/mol. The first-order valence-corrected chi connectivity index (χ1v) is 9.35. The standard InChI is InChI=1S/C18H22IN3O2/c1-17(2,3)24-16(23)22-14-4-5-15(22)8-18(7-14,11-20)12-6-13(19)10-21-9-12/h6,9-10,14-15H,4-5,7-8H2,1-3H3/t14-,15+,18?. The largest absolute Gasteiger partial charge is 0.444 e. The summed E-state index contributed by atoms with van der Waals surface area (Å²) >= 11 is 2.22. The van der Waals surface area contributed by atoms with Gasteiger partial charge in [-0.05, 0) is 80.7 Å². The molecule has 3 atom stereocenters. The number of nitriles is 1. The van der Waals surface area contributed by atoms with Crippen LogP contribution in [0.4, 0.5) is 4.79 Å². The van der Waals surface area contributed by atoms with Crippen molar-refractivity contribution in [3.8, 4) is 6.07 Å². The number of hydrogen-bond donors (Lipinski definition) is 0. The van der Waals surface area contributed by atoms with Crippen LogP contribution in [-0.2, 0) is 10.2 Å². The highest BCUT2D eigenvalue weighted by molar-refractivity contribution is 14.1. The van der Waals surface area contributed by atoms with E-state index in [1.54, 1.807) is 12.4 Å². The summed E-state index contributed by atoms with van der Waals surface area (Å²) in [6, 6.07) is 4.72. The minimum Gasteiger partial charge on any atom is -0.444 e. The number of halogens is 1. The Hall–Kier alpha value is -1.36. The van der Waals surface area contributed by atoms with E-state index in [0.717, 1.165) is 22.0 Å². The molecule has 1 aromatic heterocycles. The van der Waals surface area contributed by atoms with Crippen molar-refractivity contribution in [1.29, 1.82) is 5.26 Å². The Morgan fingerprint density at radius 1 is 1.38 bits per heavy atom. The van der Waals surface area contributed by atoms with Gasteiger partial charge in [0.05, 0.1) is 11.5 Å². The lowest BCUT2D eigenvalue weighted by Crippen LogP contribution is -2.52. The molecule has 2 saturated heterocycles. The number of pyridine rings is 1. The first kappa shape index (κ1) is 17.5. The third kappa shape index (κ3) is 3.23. The van der Waals surface area contributed by atoms with Crippen molar-refractivity contribution >= 4 is 28.7 Å². The van der Waals surface area contributed by atoms with Crippen LogP contribution in [-0.4, -0.2) is 33.7 Å². The molecule has 1 amide bonds. The van der Waals surface area contributed by atoms with E-state index in [1.165, 1.54) is 0 Å². The van der Waals surface area contributed by atoms with Gasteiger partial charge in [-0.1, -0.05) is 0 Å².